The third kappa shape index (κ3) is 1.06. The van der Waals surface area contributed by atoms with Gasteiger partial charge in [0.1, 0.15) is 12.4 Å². The van der Waals surface area contributed by atoms with E-state index in [1.54, 1.807) is 6.92 Å². The lowest BCUT2D eigenvalue weighted by Gasteiger charge is -1.97. The lowest BCUT2D eigenvalue weighted by atomic mass is 10.4. The molecular formula is C7H7N5O2. The molecule has 2 aromatic rings. The number of nitrogen functional groups attached to an aromatic ring is 1. The molecule has 0 amide bonds. The zero-order chi connectivity index (χ0) is 10.3. The molecule has 0 saturated heterocycles. The molecular weight excluding hydrogens is 186 g/mol. The maximum absolute atomic E-state index is 10.5. The maximum atomic E-state index is 10.5. The molecule has 0 radical (unpaired) electrons. The number of nitrogens with zero attached hydrogens (tertiary/aromatic N) is 4. The Bertz CT molecular complexity index is 518. The smallest absolute Gasteiger partial charge is 0.349 e. The van der Waals surface area contributed by atoms with Crippen molar-refractivity contribution < 1.29 is 4.92 Å². The first-order chi connectivity index (χ1) is 6.59. The molecule has 7 nitrogen and oxygen atoms in total. The fraction of sp³-hybridized carbons (Fsp3) is 0.143. The molecule has 2 rings (SSSR count). The predicted octanol–water partition coefficient (Wildman–Crippen LogP) is 0.528. The quantitative estimate of drug-likeness (QED) is 0.526. The molecule has 0 aliphatic carbocycles. The molecule has 0 fully saturated rings. The molecule has 0 saturated carbocycles. The summed E-state index contributed by atoms with van der Waals surface area (Å²) >= 11 is 0. The van der Waals surface area contributed by atoms with Gasteiger partial charge in [0.2, 0.25) is 0 Å². The van der Waals surface area contributed by atoms with Crippen molar-refractivity contribution in [2.75, 3.05) is 5.73 Å². The van der Waals surface area contributed by atoms with Gasteiger partial charge < -0.3 is 15.8 Å². The SMILES string of the molecule is Cc1nc2ncc([N+](=O)[O-])n2cc1N. The van der Waals surface area contributed by atoms with Crippen LogP contribution < -0.4 is 5.73 Å². The third-order valence-electron chi connectivity index (χ3n) is 1.90. The van der Waals surface area contributed by atoms with Crippen LogP contribution in [0.15, 0.2) is 12.4 Å². The van der Waals surface area contributed by atoms with E-state index in [2.05, 4.69) is 9.97 Å². The summed E-state index contributed by atoms with van der Waals surface area (Å²) in [6.45, 7) is 1.72. The molecule has 0 unspecified atom stereocenters. The van der Waals surface area contributed by atoms with Gasteiger partial charge in [-0.3, -0.25) is 0 Å². The van der Waals surface area contributed by atoms with Crippen LogP contribution in [-0.2, 0) is 0 Å². The molecule has 2 heterocycles. The Morgan fingerprint density at radius 1 is 1.64 bits per heavy atom. The Morgan fingerprint density at radius 3 is 3.00 bits per heavy atom. The first-order valence-electron chi connectivity index (χ1n) is 3.84. The summed E-state index contributed by atoms with van der Waals surface area (Å²) in [5, 5.41) is 10.5. The van der Waals surface area contributed by atoms with E-state index >= 15 is 0 Å². The number of aromatic nitrogens is 3. The molecule has 72 valence electrons. The lowest BCUT2D eigenvalue weighted by molar-refractivity contribution is -0.390. The van der Waals surface area contributed by atoms with Gasteiger partial charge in [-0.15, -0.1) is 0 Å². The minimum Gasteiger partial charge on any atom is -0.394 e. The largest absolute Gasteiger partial charge is 0.394 e. The second-order valence-corrected chi connectivity index (χ2v) is 2.83. The van der Waals surface area contributed by atoms with Crippen LogP contribution in [0, 0.1) is 17.0 Å². The van der Waals surface area contributed by atoms with E-state index in [0.717, 1.165) is 6.20 Å². The zero-order valence-electron chi connectivity index (χ0n) is 7.34. The molecule has 0 aliphatic heterocycles. The fourth-order valence-corrected chi connectivity index (χ4v) is 1.13. The van der Waals surface area contributed by atoms with Crippen LogP contribution in [-0.4, -0.2) is 19.3 Å². The van der Waals surface area contributed by atoms with Gasteiger partial charge in [0.05, 0.1) is 11.4 Å². The topological polar surface area (TPSA) is 99.3 Å². The van der Waals surface area contributed by atoms with Gasteiger partial charge in [-0.25, -0.2) is 0 Å². The molecule has 2 aromatic heterocycles. The average molecular weight is 193 g/mol. The third-order valence-corrected chi connectivity index (χ3v) is 1.90. The van der Waals surface area contributed by atoms with E-state index in [-0.39, 0.29) is 11.6 Å². The van der Waals surface area contributed by atoms with Crippen molar-refractivity contribution in [2.45, 2.75) is 6.92 Å². The van der Waals surface area contributed by atoms with Gasteiger partial charge in [0.25, 0.3) is 0 Å². The molecule has 7 heteroatoms. The molecule has 0 atom stereocenters. The minimum atomic E-state index is -0.531. The van der Waals surface area contributed by atoms with E-state index in [1.165, 1.54) is 10.6 Å². The summed E-state index contributed by atoms with van der Waals surface area (Å²) < 4.78 is 1.25. The Kier molecular flexibility index (Phi) is 1.60. The van der Waals surface area contributed by atoms with Crippen molar-refractivity contribution in [3.63, 3.8) is 0 Å². The van der Waals surface area contributed by atoms with Gasteiger partial charge in [-0.2, -0.15) is 14.4 Å². The van der Waals surface area contributed by atoms with Crippen LogP contribution in [0.5, 0.6) is 0 Å². The summed E-state index contributed by atoms with van der Waals surface area (Å²) in [5.41, 5.74) is 6.59. The highest BCUT2D eigenvalue weighted by Gasteiger charge is 2.15. The van der Waals surface area contributed by atoms with Crippen LogP contribution in [0.4, 0.5) is 11.5 Å². The van der Waals surface area contributed by atoms with Crippen LogP contribution >= 0.6 is 0 Å². The molecule has 0 aliphatic rings. The Balaban J connectivity index is 2.80. The number of aryl methyl sites for hydroxylation is 1. The van der Waals surface area contributed by atoms with E-state index in [9.17, 15) is 10.1 Å². The monoisotopic (exact) mass is 193 g/mol. The number of fused-ring (bicyclic) bond motifs is 1. The van der Waals surface area contributed by atoms with E-state index < -0.39 is 4.92 Å². The molecule has 14 heavy (non-hydrogen) atoms. The summed E-state index contributed by atoms with van der Waals surface area (Å²) in [4.78, 5) is 17.8. The first-order valence-corrected chi connectivity index (χ1v) is 3.84. The van der Waals surface area contributed by atoms with Gasteiger partial charge in [0, 0.05) is 0 Å². The van der Waals surface area contributed by atoms with Crippen molar-refractivity contribution >= 4 is 17.3 Å². The number of imidazole rings is 1. The predicted molar refractivity (Wildman–Crippen MR) is 48.8 cm³/mol. The highest BCUT2D eigenvalue weighted by Crippen LogP contribution is 2.16. The van der Waals surface area contributed by atoms with E-state index in [4.69, 9.17) is 5.73 Å². The highest BCUT2D eigenvalue weighted by atomic mass is 16.6. The van der Waals surface area contributed by atoms with Crippen molar-refractivity contribution in [1.82, 2.24) is 14.4 Å². The Labute approximate surface area is 78.3 Å². The summed E-state index contributed by atoms with van der Waals surface area (Å²) in [5.74, 6) is 0.141. The number of nitro groups is 1. The van der Waals surface area contributed by atoms with Crippen molar-refractivity contribution in [3.8, 4) is 0 Å². The summed E-state index contributed by atoms with van der Waals surface area (Å²) in [6, 6.07) is 0. The average Bonchev–Trinajstić information content (AvgIpc) is 2.48. The molecule has 0 spiro atoms. The van der Waals surface area contributed by atoms with Crippen LogP contribution in [0.2, 0.25) is 0 Å². The molecule has 0 aromatic carbocycles. The normalized spacial score (nSPS) is 10.6. The van der Waals surface area contributed by atoms with Crippen molar-refractivity contribution in [1.29, 1.82) is 0 Å². The zero-order valence-corrected chi connectivity index (χ0v) is 7.34. The second-order valence-electron chi connectivity index (χ2n) is 2.83. The highest BCUT2D eigenvalue weighted by molar-refractivity contribution is 5.48. The molecule has 0 bridgehead atoms. The number of hydrogen-bond donors (Lipinski definition) is 1. The number of rotatable bonds is 1. The van der Waals surface area contributed by atoms with Gasteiger partial charge >= 0.3 is 11.6 Å². The number of nitrogens with two attached hydrogens (primary N) is 1. The van der Waals surface area contributed by atoms with Gasteiger partial charge in [-0.1, -0.05) is 0 Å². The van der Waals surface area contributed by atoms with Crippen LogP contribution in [0.1, 0.15) is 5.69 Å². The Morgan fingerprint density at radius 2 is 2.36 bits per heavy atom. The second kappa shape index (κ2) is 2.66. The van der Waals surface area contributed by atoms with E-state index in [0.29, 0.717) is 11.4 Å². The van der Waals surface area contributed by atoms with Crippen LogP contribution in [0.3, 0.4) is 0 Å². The van der Waals surface area contributed by atoms with Crippen molar-refractivity contribution in [3.05, 3.63) is 28.2 Å². The summed E-state index contributed by atoms with van der Waals surface area (Å²) in [7, 11) is 0. The number of hydrogen-bond acceptors (Lipinski definition) is 5. The maximum Gasteiger partial charge on any atom is 0.349 e. The summed E-state index contributed by atoms with van der Waals surface area (Å²) in [6.07, 6.45) is 2.60. The van der Waals surface area contributed by atoms with Gasteiger partial charge in [-0.05, 0) is 11.8 Å². The van der Waals surface area contributed by atoms with E-state index in [1.807, 2.05) is 0 Å². The first kappa shape index (κ1) is 8.42. The lowest BCUT2D eigenvalue weighted by Crippen LogP contribution is -2.00. The Hall–Kier alpha value is -2.18. The van der Waals surface area contributed by atoms with Gasteiger partial charge in [0.15, 0.2) is 0 Å². The minimum absolute atomic E-state index is 0.140. The standard InChI is InChI=1S/C7H7N5O2/c1-4-5(8)3-11-6(12(13)14)2-9-7(11)10-4/h2-3H,8H2,1H3. The fourth-order valence-electron chi connectivity index (χ4n) is 1.13. The van der Waals surface area contributed by atoms with Crippen molar-refractivity contribution in [2.24, 2.45) is 0 Å². The number of anilines is 1. The molecule has 2 N–H and O–H groups in total. The van der Waals surface area contributed by atoms with Crippen LogP contribution in [0.25, 0.3) is 5.78 Å².